The number of aromatic nitrogens is 1. The number of rotatable bonds is 3. The third-order valence-electron chi connectivity index (χ3n) is 2.78. The number of hydrogen-bond donors (Lipinski definition) is 2. The monoisotopic (exact) mass is 306 g/mol. The number of nitrogens with zero attached hydrogens (tertiary/aromatic N) is 1. The van der Waals surface area contributed by atoms with Crippen molar-refractivity contribution in [3.05, 3.63) is 52.3 Å². The van der Waals surface area contributed by atoms with E-state index in [4.69, 9.17) is 0 Å². The fraction of sp³-hybridized carbons (Fsp3) is 0.214. The summed E-state index contributed by atoms with van der Waals surface area (Å²) in [7, 11) is 0. The van der Waals surface area contributed by atoms with Crippen molar-refractivity contribution < 1.29 is 5.11 Å². The third-order valence-corrected chi connectivity index (χ3v) is 3.42. The van der Waals surface area contributed by atoms with Crippen LogP contribution in [0.25, 0.3) is 0 Å². The van der Waals surface area contributed by atoms with Gasteiger partial charge in [-0.3, -0.25) is 0 Å². The van der Waals surface area contributed by atoms with Crippen LogP contribution in [0.5, 0.6) is 5.75 Å². The topological polar surface area (TPSA) is 45.2 Å². The highest BCUT2D eigenvalue weighted by Crippen LogP contribution is 2.29. The molecule has 1 atom stereocenters. The highest BCUT2D eigenvalue weighted by Gasteiger charge is 2.11. The Hall–Kier alpha value is -1.55. The molecule has 1 aromatic carbocycles. The minimum Gasteiger partial charge on any atom is -0.508 e. The number of phenols is 1. The fourth-order valence-corrected chi connectivity index (χ4v) is 2.19. The molecule has 2 rings (SSSR count). The Balaban J connectivity index is 2.22. The number of anilines is 1. The molecule has 0 aliphatic rings. The Morgan fingerprint density at radius 3 is 2.78 bits per heavy atom. The molecule has 0 aliphatic heterocycles. The molecule has 2 aromatic rings. The van der Waals surface area contributed by atoms with Crippen molar-refractivity contribution in [2.75, 3.05) is 5.32 Å². The maximum Gasteiger partial charge on any atom is 0.129 e. The maximum absolute atomic E-state index is 9.94. The number of pyridine rings is 1. The van der Waals surface area contributed by atoms with Gasteiger partial charge >= 0.3 is 0 Å². The Morgan fingerprint density at radius 2 is 2.11 bits per heavy atom. The van der Waals surface area contributed by atoms with Gasteiger partial charge in [0.2, 0.25) is 0 Å². The van der Waals surface area contributed by atoms with E-state index in [1.807, 2.05) is 38.1 Å². The lowest BCUT2D eigenvalue weighted by molar-refractivity contribution is 0.465. The smallest absolute Gasteiger partial charge is 0.129 e. The van der Waals surface area contributed by atoms with E-state index in [9.17, 15) is 5.11 Å². The second-order valence-electron chi connectivity index (χ2n) is 4.27. The number of nitrogens with one attached hydrogen (secondary N) is 1. The number of benzene rings is 1. The Morgan fingerprint density at radius 1 is 1.33 bits per heavy atom. The lowest BCUT2D eigenvalue weighted by Crippen LogP contribution is -2.07. The molecule has 0 saturated carbocycles. The zero-order chi connectivity index (χ0) is 13.1. The van der Waals surface area contributed by atoms with Gasteiger partial charge in [-0.15, -0.1) is 0 Å². The van der Waals surface area contributed by atoms with E-state index in [-0.39, 0.29) is 6.04 Å². The van der Waals surface area contributed by atoms with Gasteiger partial charge in [0.1, 0.15) is 10.4 Å². The molecule has 0 aliphatic carbocycles. The minimum absolute atomic E-state index is 0.00565. The van der Waals surface area contributed by atoms with Gasteiger partial charge in [-0.2, -0.15) is 0 Å². The zero-order valence-corrected chi connectivity index (χ0v) is 11.9. The number of hydrogen-bond acceptors (Lipinski definition) is 3. The molecule has 1 heterocycles. The van der Waals surface area contributed by atoms with Crippen LogP contribution in [0.1, 0.15) is 24.1 Å². The number of phenolic OH excluding ortho intramolecular Hbond substituents is 1. The first-order valence-electron chi connectivity index (χ1n) is 5.74. The molecule has 0 fully saturated rings. The van der Waals surface area contributed by atoms with Crippen LogP contribution in [0, 0.1) is 6.92 Å². The summed E-state index contributed by atoms with van der Waals surface area (Å²) in [4.78, 5) is 4.15. The lowest BCUT2D eigenvalue weighted by Gasteiger charge is -2.17. The first-order valence-corrected chi connectivity index (χ1v) is 6.54. The van der Waals surface area contributed by atoms with Gasteiger partial charge in [0.25, 0.3) is 0 Å². The second kappa shape index (κ2) is 5.40. The standard InChI is InChI=1S/C14H15BrN2O/c1-9-5-6-11(13(18)8-9)10(2)17-12-4-3-7-16-14(12)15/h3-8,10,17-18H,1-2H3. The van der Waals surface area contributed by atoms with Crippen molar-refractivity contribution in [2.24, 2.45) is 0 Å². The molecule has 1 aromatic heterocycles. The quantitative estimate of drug-likeness (QED) is 0.842. The van der Waals surface area contributed by atoms with Gasteiger partial charge in [-0.25, -0.2) is 4.98 Å². The average Bonchev–Trinajstić information content (AvgIpc) is 2.32. The van der Waals surface area contributed by atoms with Crippen molar-refractivity contribution in [2.45, 2.75) is 19.9 Å². The van der Waals surface area contributed by atoms with Crippen LogP contribution >= 0.6 is 15.9 Å². The van der Waals surface area contributed by atoms with Crippen molar-refractivity contribution >= 4 is 21.6 Å². The van der Waals surface area contributed by atoms with Crippen LogP contribution in [0.2, 0.25) is 0 Å². The van der Waals surface area contributed by atoms with E-state index < -0.39 is 0 Å². The van der Waals surface area contributed by atoms with Crippen LogP contribution in [0.15, 0.2) is 41.1 Å². The zero-order valence-electron chi connectivity index (χ0n) is 10.3. The van der Waals surface area contributed by atoms with E-state index in [0.717, 1.165) is 21.4 Å². The Bertz CT molecular complexity index is 557. The number of halogens is 1. The predicted molar refractivity (Wildman–Crippen MR) is 76.8 cm³/mol. The summed E-state index contributed by atoms with van der Waals surface area (Å²) in [5, 5.41) is 13.3. The first-order chi connectivity index (χ1) is 8.58. The normalized spacial score (nSPS) is 12.2. The molecule has 0 radical (unpaired) electrons. The molecule has 4 heteroatoms. The summed E-state index contributed by atoms with van der Waals surface area (Å²) in [6.07, 6.45) is 1.73. The summed E-state index contributed by atoms with van der Waals surface area (Å²) in [6, 6.07) is 9.52. The van der Waals surface area contributed by atoms with Crippen LogP contribution in [-0.4, -0.2) is 10.1 Å². The molecule has 0 bridgehead atoms. The predicted octanol–water partition coefficient (Wildman–Crippen LogP) is 4.03. The van der Waals surface area contributed by atoms with E-state index in [1.54, 1.807) is 12.3 Å². The first kappa shape index (κ1) is 12.9. The molecule has 18 heavy (non-hydrogen) atoms. The fourth-order valence-electron chi connectivity index (χ4n) is 1.82. The van der Waals surface area contributed by atoms with Crippen LogP contribution in [-0.2, 0) is 0 Å². The molecule has 2 N–H and O–H groups in total. The van der Waals surface area contributed by atoms with Crippen molar-refractivity contribution in [1.29, 1.82) is 0 Å². The van der Waals surface area contributed by atoms with Gasteiger partial charge < -0.3 is 10.4 Å². The summed E-state index contributed by atoms with van der Waals surface area (Å²) in [5.41, 5.74) is 2.83. The van der Waals surface area contributed by atoms with Crippen LogP contribution in [0.3, 0.4) is 0 Å². The SMILES string of the molecule is Cc1ccc(C(C)Nc2cccnc2Br)c(O)c1. The van der Waals surface area contributed by atoms with Gasteiger partial charge in [-0.1, -0.05) is 12.1 Å². The average molecular weight is 307 g/mol. The van der Waals surface area contributed by atoms with Gasteiger partial charge in [0.05, 0.1) is 11.7 Å². The van der Waals surface area contributed by atoms with E-state index in [1.165, 1.54) is 0 Å². The van der Waals surface area contributed by atoms with Crippen LogP contribution < -0.4 is 5.32 Å². The molecule has 0 amide bonds. The van der Waals surface area contributed by atoms with Crippen molar-refractivity contribution in [3.63, 3.8) is 0 Å². The molecule has 94 valence electrons. The Kier molecular flexibility index (Phi) is 3.87. The lowest BCUT2D eigenvalue weighted by atomic mass is 10.0. The number of aryl methyl sites for hydroxylation is 1. The summed E-state index contributed by atoms with van der Waals surface area (Å²) in [6.45, 7) is 3.96. The second-order valence-corrected chi connectivity index (χ2v) is 5.02. The van der Waals surface area contributed by atoms with E-state index in [0.29, 0.717) is 5.75 Å². The third kappa shape index (κ3) is 2.82. The molecule has 0 saturated heterocycles. The maximum atomic E-state index is 9.94. The molecular formula is C14H15BrN2O. The van der Waals surface area contributed by atoms with Gasteiger partial charge in [0.15, 0.2) is 0 Å². The molecular weight excluding hydrogens is 292 g/mol. The summed E-state index contributed by atoms with van der Waals surface area (Å²) >= 11 is 3.39. The van der Waals surface area contributed by atoms with Crippen molar-refractivity contribution in [1.82, 2.24) is 4.98 Å². The highest BCUT2D eigenvalue weighted by molar-refractivity contribution is 9.10. The summed E-state index contributed by atoms with van der Waals surface area (Å²) in [5.74, 6) is 0.315. The minimum atomic E-state index is 0.00565. The Labute approximate surface area is 115 Å². The molecule has 0 spiro atoms. The van der Waals surface area contributed by atoms with E-state index >= 15 is 0 Å². The highest BCUT2D eigenvalue weighted by atomic mass is 79.9. The molecule has 3 nitrogen and oxygen atoms in total. The molecule has 1 unspecified atom stereocenters. The van der Waals surface area contributed by atoms with E-state index in [2.05, 4.69) is 26.2 Å². The van der Waals surface area contributed by atoms with Crippen LogP contribution in [0.4, 0.5) is 5.69 Å². The largest absolute Gasteiger partial charge is 0.508 e. The number of aromatic hydroxyl groups is 1. The van der Waals surface area contributed by atoms with Crippen molar-refractivity contribution in [3.8, 4) is 5.75 Å². The van der Waals surface area contributed by atoms with Gasteiger partial charge in [-0.05, 0) is 53.5 Å². The van der Waals surface area contributed by atoms with Gasteiger partial charge in [0, 0.05) is 11.8 Å². The summed E-state index contributed by atoms with van der Waals surface area (Å²) < 4.78 is 0.767.